The molecule has 0 saturated heterocycles. The number of carbonyl (C=O) groups excluding carboxylic acids is 1. The van der Waals surface area contributed by atoms with Crippen molar-refractivity contribution in [3.8, 4) is 11.5 Å². The van der Waals surface area contributed by atoms with Crippen LogP contribution in [0.1, 0.15) is 37.8 Å². The lowest BCUT2D eigenvalue weighted by molar-refractivity contribution is -0.125. The third-order valence-electron chi connectivity index (χ3n) is 5.09. The Morgan fingerprint density at radius 3 is 2.30 bits per heavy atom. The molecule has 0 bridgehead atoms. The molecule has 0 radical (unpaired) electrons. The average Bonchev–Trinajstić information content (AvgIpc) is 2.67. The van der Waals surface area contributed by atoms with Gasteiger partial charge in [0.1, 0.15) is 0 Å². The van der Waals surface area contributed by atoms with Crippen LogP contribution in [0, 0.1) is 5.92 Å². The number of sulfonamides is 1. The molecule has 2 rings (SSSR count). The summed E-state index contributed by atoms with van der Waals surface area (Å²) < 4.78 is 37.5. The summed E-state index contributed by atoms with van der Waals surface area (Å²) in [5, 5.41) is 2.75. The molecule has 1 aliphatic rings. The van der Waals surface area contributed by atoms with Crippen molar-refractivity contribution in [2.45, 2.75) is 39.7 Å². The van der Waals surface area contributed by atoms with Gasteiger partial charge in [0.05, 0.1) is 20.0 Å². The van der Waals surface area contributed by atoms with Crippen molar-refractivity contribution in [3.05, 3.63) is 23.3 Å². The molecule has 7 nitrogen and oxygen atoms in total. The third kappa shape index (κ3) is 5.13. The van der Waals surface area contributed by atoms with Crippen molar-refractivity contribution < 1.29 is 22.7 Å². The number of hydrogen-bond acceptors (Lipinski definition) is 5. The maximum absolute atomic E-state index is 12.7. The number of methoxy groups -OCH3 is 2. The molecule has 0 unspecified atom stereocenters. The highest BCUT2D eigenvalue weighted by Gasteiger charge is 2.28. The third-order valence-corrected chi connectivity index (χ3v) is 6.91. The predicted molar refractivity (Wildman–Crippen MR) is 105 cm³/mol. The molecule has 0 aromatic heterocycles. The van der Waals surface area contributed by atoms with Crippen LogP contribution in [0.4, 0.5) is 0 Å². The topological polar surface area (TPSA) is 84.9 Å². The number of nitrogens with zero attached hydrogens (tertiary/aromatic N) is 1. The van der Waals surface area contributed by atoms with Gasteiger partial charge in [-0.25, -0.2) is 8.42 Å². The zero-order valence-electron chi connectivity index (χ0n) is 16.6. The summed E-state index contributed by atoms with van der Waals surface area (Å²) in [5.41, 5.74) is 1.99. The summed E-state index contributed by atoms with van der Waals surface area (Å²) >= 11 is 0. The summed E-state index contributed by atoms with van der Waals surface area (Å²) in [6.45, 7) is 4.77. The zero-order chi connectivity index (χ0) is 20.0. The van der Waals surface area contributed by atoms with E-state index in [9.17, 15) is 13.2 Å². The van der Waals surface area contributed by atoms with Crippen molar-refractivity contribution in [2.75, 3.05) is 33.1 Å². The van der Waals surface area contributed by atoms with Crippen LogP contribution >= 0.6 is 0 Å². The van der Waals surface area contributed by atoms with Gasteiger partial charge in [-0.05, 0) is 42.5 Å². The molecular formula is C19H30N2O5S. The quantitative estimate of drug-likeness (QED) is 0.687. The molecule has 1 amide bonds. The molecule has 152 valence electrons. The number of rotatable bonds is 9. The summed E-state index contributed by atoms with van der Waals surface area (Å²) in [6, 6.07) is 3.75. The number of nitrogens with one attached hydrogen (secondary N) is 1. The fraction of sp³-hybridized carbons (Fsp3) is 0.632. The molecule has 0 spiro atoms. The summed E-state index contributed by atoms with van der Waals surface area (Å²) in [6.07, 6.45) is 2.13. The molecule has 0 fully saturated rings. The van der Waals surface area contributed by atoms with Gasteiger partial charge in [0.2, 0.25) is 15.9 Å². The first kappa shape index (κ1) is 21.5. The second kappa shape index (κ2) is 9.41. The fourth-order valence-electron chi connectivity index (χ4n) is 3.33. The van der Waals surface area contributed by atoms with Gasteiger partial charge in [0, 0.05) is 25.6 Å². The maximum Gasteiger partial charge on any atom is 0.223 e. The SMILES string of the molecule is CCC(CC)C(=O)NCCS(=O)(=O)N1CCc2cc(OC)c(OC)cc2C1. The molecule has 1 aromatic rings. The molecular weight excluding hydrogens is 368 g/mol. The zero-order valence-corrected chi connectivity index (χ0v) is 17.4. The minimum atomic E-state index is -3.45. The van der Waals surface area contributed by atoms with Gasteiger partial charge in [0.25, 0.3) is 0 Å². The van der Waals surface area contributed by atoms with Gasteiger partial charge in [-0.15, -0.1) is 0 Å². The van der Waals surface area contributed by atoms with Gasteiger partial charge in [-0.2, -0.15) is 4.31 Å². The summed E-state index contributed by atoms with van der Waals surface area (Å²) in [7, 11) is -0.307. The Morgan fingerprint density at radius 1 is 1.15 bits per heavy atom. The number of hydrogen-bond donors (Lipinski definition) is 1. The molecule has 0 aliphatic carbocycles. The van der Waals surface area contributed by atoms with E-state index in [1.807, 2.05) is 26.0 Å². The molecule has 8 heteroatoms. The lowest BCUT2D eigenvalue weighted by atomic mass is 10.0. The van der Waals surface area contributed by atoms with Crippen LogP contribution in [0.15, 0.2) is 12.1 Å². The van der Waals surface area contributed by atoms with E-state index in [-0.39, 0.29) is 24.1 Å². The molecule has 0 saturated carbocycles. The minimum Gasteiger partial charge on any atom is -0.493 e. The van der Waals surface area contributed by atoms with Gasteiger partial charge in [-0.1, -0.05) is 13.8 Å². The van der Waals surface area contributed by atoms with Crippen molar-refractivity contribution >= 4 is 15.9 Å². The Kier molecular flexibility index (Phi) is 7.49. The van der Waals surface area contributed by atoms with E-state index in [1.54, 1.807) is 14.2 Å². The lowest BCUT2D eigenvalue weighted by Crippen LogP contribution is -2.41. The van der Waals surface area contributed by atoms with Crippen LogP contribution in [0.3, 0.4) is 0 Å². The highest BCUT2D eigenvalue weighted by Crippen LogP contribution is 2.33. The predicted octanol–water partition coefficient (Wildman–Crippen LogP) is 1.94. The fourth-order valence-corrected chi connectivity index (χ4v) is 4.65. The largest absolute Gasteiger partial charge is 0.493 e. The summed E-state index contributed by atoms with van der Waals surface area (Å²) in [4.78, 5) is 12.0. The number of benzene rings is 1. The molecule has 1 N–H and O–H groups in total. The highest BCUT2D eigenvalue weighted by atomic mass is 32.2. The van der Waals surface area contributed by atoms with Crippen LogP contribution in [0.25, 0.3) is 0 Å². The molecule has 1 aromatic carbocycles. The van der Waals surface area contributed by atoms with Crippen molar-refractivity contribution in [2.24, 2.45) is 5.92 Å². The first-order valence-corrected chi connectivity index (χ1v) is 11.0. The van der Waals surface area contributed by atoms with E-state index < -0.39 is 10.0 Å². The van der Waals surface area contributed by atoms with Crippen molar-refractivity contribution in [1.29, 1.82) is 0 Å². The molecule has 1 aliphatic heterocycles. The Morgan fingerprint density at radius 2 is 1.74 bits per heavy atom. The Balaban J connectivity index is 2.01. The minimum absolute atomic E-state index is 0.0583. The number of ether oxygens (including phenoxy) is 2. The number of fused-ring (bicyclic) bond motifs is 1. The first-order chi connectivity index (χ1) is 12.9. The number of amides is 1. The monoisotopic (exact) mass is 398 g/mol. The summed E-state index contributed by atoms with van der Waals surface area (Å²) in [5.74, 6) is 1.01. The normalized spacial score (nSPS) is 14.7. The smallest absolute Gasteiger partial charge is 0.223 e. The van der Waals surface area contributed by atoms with Gasteiger partial charge in [0.15, 0.2) is 11.5 Å². The first-order valence-electron chi connectivity index (χ1n) is 9.35. The van der Waals surface area contributed by atoms with E-state index in [4.69, 9.17) is 9.47 Å². The van der Waals surface area contributed by atoms with Crippen LogP contribution in [0.2, 0.25) is 0 Å². The van der Waals surface area contributed by atoms with Crippen molar-refractivity contribution in [1.82, 2.24) is 9.62 Å². The van der Waals surface area contributed by atoms with Gasteiger partial charge >= 0.3 is 0 Å². The molecule has 1 heterocycles. The second-order valence-electron chi connectivity index (χ2n) is 6.68. The van der Waals surface area contributed by atoms with Crippen molar-refractivity contribution in [3.63, 3.8) is 0 Å². The van der Waals surface area contributed by atoms with Gasteiger partial charge in [-0.3, -0.25) is 4.79 Å². The lowest BCUT2D eigenvalue weighted by Gasteiger charge is -2.29. The Hall–Kier alpha value is -1.80. The van der Waals surface area contributed by atoms with E-state index in [0.717, 1.165) is 24.0 Å². The molecule has 0 atom stereocenters. The van der Waals surface area contributed by atoms with Crippen LogP contribution < -0.4 is 14.8 Å². The van der Waals surface area contributed by atoms with E-state index in [2.05, 4.69) is 5.32 Å². The van der Waals surface area contributed by atoms with E-state index in [1.165, 1.54) is 4.31 Å². The average molecular weight is 399 g/mol. The van der Waals surface area contributed by atoms with Crippen LogP contribution in [0.5, 0.6) is 11.5 Å². The molecule has 27 heavy (non-hydrogen) atoms. The number of carbonyl (C=O) groups is 1. The van der Waals surface area contributed by atoms with Crippen LogP contribution in [-0.4, -0.2) is 51.7 Å². The second-order valence-corrected chi connectivity index (χ2v) is 8.77. The van der Waals surface area contributed by atoms with Gasteiger partial charge < -0.3 is 14.8 Å². The van der Waals surface area contributed by atoms with E-state index >= 15 is 0 Å². The maximum atomic E-state index is 12.7. The highest BCUT2D eigenvalue weighted by molar-refractivity contribution is 7.89. The standard InChI is InChI=1S/C19H30N2O5S/c1-5-14(6-2)19(22)20-8-10-27(23,24)21-9-7-15-11-17(25-3)18(26-4)12-16(15)13-21/h11-12,14H,5-10,13H2,1-4H3,(H,20,22). The Labute approximate surface area is 162 Å². The van der Waals surface area contributed by atoms with E-state index in [0.29, 0.717) is 31.0 Å². The van der Waals surface area contributed by atoms with Crippen LogP contribution in [-0.2, 0) is 27.8 Å². The Bertz CT molecular complexity index is 760.